The van der Waals surface area contributed by atoms with Crippen LogP contribution in [-0.4, -0.2) is 68.5 Å². The first-order valence-electron chi connectivity index (χ1n) is 5.59. The first-order chi connectivity index (χ1) is 7.99. The second-order valence-electron chi connectivity index (χ2n) is 5.00. The highest BCUT2D eigenvalue weighted by Gasteiger charge is 2.25. The van der Waals surface area contributed by atoms with Gasteiger partial charge in [-0.1, -0.05) is 0 Å². The molecule has 0 heterocycles. The van der Waals surface area contributed by atoms with Crippen LogP contribution in [0, 0.1) is 0 Å². The molecule has 0 aliphatic rings. The minimum Gasteiger partial charge on any atom is -0.481 e. The molecule has 0 spiro atoms. The number of nitrogens with zero attached hydrogens (tertiary/aromatic N) is 2. The Morgan fingerprint density at radius 3 is 2.17 bits per heavy atom. The maximum Gasteiger partial charge on any atom is 0.304 e. The number of aliphatic carboxylic acids is 1. The van der Waals surface area contributed by atoms with E-state index in [0.717, 1.165) is 4.31 Å². The van der Waals surface area contributed by atoms with Crippen LogP contribution in [0.15, 0.2) is 0 Å². The molecule has 0 saturated carbocycles. The van der Waals surface area contributed by atoms with E-state index in [0.29, 0.717) is 0 Å². The van der Waals surface area contributed by atoms with Gasteiger partial charge < -0.3 is 10.0 Å². The van der Waals surface area contributed by atoms with Crippen LogP contribution < -0.4 is 4.72 Å². The van der Waals surface area contributed by atoms with E-state index in [9.17, 15) is 13.2 Å². The summed E-state index contributed by atoms with van der Waals surface area (Å²) < 4.78 is 27.1. The van der Waals surface area contributed by atoms with Crippen LogP contribution in [0.2, 0.25) is 0 Å². The van der Waals surface area contributed by atoms with Crippen molar-refractivity contribution < 1.29 is 18.3 Å². The average Bonchev–Trinajstić information content (AvgIpc) is 2.23. The highest BCUT2D eigenvalue weighted by Crippen LogP contribution is 2.09. The molecule has 0 saturated heterocycles. The van der Waals surface area contributed by atoms with E-state index in [4.69, 9.17) is 5.11 Å². The standard InChI is InChI=1S/C10H23N3O4S/c1-10(2,12(3)4)8-11-18(16,17)13(5)7-6-9(14)15/h11H,6-8H2,1-5H3,(H,14,15). The normalized spacial score (nSPS) is 13.3. The van der Waals surface area contributed by atoms with Gasteiger partial charge in [-0.25, -0.2) is 4.72 Å². The number of hydrogen-bond acceptors (Lipinski definition) is 4. The van der Waals surface area contributed by atoms with Gasteiger partial charge in [0.1, 0.15) is 0 Å². The molecule has 0 aliphatic heterocycles. The minimum absolute atomic E-state index is 0.0486. The van der Waals surface area contributed by atoms with Gasteiger partial charge in [0.25, 0.3) is 10.2 Å². The third kappa shape index (κ3) is 5.76. The summed E-state index contributed by atoms with van der Waals surface area (Å²) in [6.07, 6.45) is -0.214. The Hall–Kier alpha value is -0.700. The van der Waals surface area contributed by atoms with E-state index in [1.807, 2.05) is 32.8 Å². The van der Waals surface area contributed by atoms with Crippen molar-refractivity contribution in [3.05, 3.63) is 0 Å². The van der Waals surface area contributed by atoms with Gasteiger partial charge in [0.05, 0.1) is 6.42 Å². The quantitative estimate of drug-likeness (QED) is 0.630. The second-order valence-corrected chi connectivity index (χ2v) is 6.86. The highest BCUT2D eigenvalue weighted by molar-refractivity contribution is 7.87. The van der Waals surface area contributed by atoms with Crippen molar-refractivity contribution in [3.63, 3.8) is 0 Å². The average molecular weight is 281 g/mol. The summed E-state index contributed by atoms with van der Waals surface area (Å²) in [6.45, 7) is 4.02. The number of carboxylic acids is 1. The Morgan fingerprint density at radius 2 is 1.78 bits per heavy atom. The van der Waals surface area contributed by atoms with Crippen LogP contribution >= 0.6 is 0 Å². The van der Waals surface area contributed by atoms with Crippen molar-refractivity contribution in [3.8, 4) is 0 Å². The van der Waals surface area contributed by atoms with Crippen molar-refractivity contribution in [2.24, 2.45) is 0 Å². The lowest BCUT2D eigenvalue weighted by molar-refractivity contribution is -0.137. The molecule has 0 aromatic carbocycles. The number of hydrogen-bond donors (Lipinski definition) is 2. The molecule has 2 N–H and O–H groups in total. The molecule has 8 heteroatoms. The van der Waals surface area contributed by atoms with Gasteiger partial charge in [0, 0.05) is 25.7 Å². The molecule has 18 heavy (non-hydrogen) atoms. The molecule has 0 atom stereocenters. The van der Waals surface area contributed by atoms with E-state index in [1.54, 1.807) is 0 Å². The van der Waals surface area contributed by atoms with Crippen molar-refractivity contribution in [2.75, 3.05) is 34.2 Å². The van der Waals surface area contributed by atoms with Gasteiger partial charge in [-0.15, -0.1) is 0 Å². The lowest BCUT2D eigenvalue weighted by atomic mass is 10.1. The molecule has 0 aromatic rings. The summed E-state index contributed by atoms with van der Waals surface area (Å²) in [5.41, 5.74) is -0.319. The number of rotatable bonds is 8. The van der Waals surface area contributed by atoms with Crippen LogP contribution in [0.25, 0.3) is 0 Å². The Labute approximate surface area is 109 Å². The molecular weight excluding hydrogens is 258 g/mol. The molecule has 108 valence electrons. The Balaban J connectivity index is 4.44. The van der Waals surface area contributed by atoms with Crippen molar-refractivity contribution >= 4 is 16.2 Å². The van der Waals surface area contributed by atoms with Crippen LogP contribution in [-0.2, 0) is 15.0 Å². The van der Waals surface area contributed by atoms with Crippen LogP contribution in [0.5, 0.6) is 0 Å². The molecule has 7 nitrogen and oxygen atoms in total. The first kappa shape index (κ1) is 17.3. The lowest BCUT2D eigenvalue weighted by Crippen LogP contribution is -2.50. The molecule has 0 aromatic heterocycles. The number of nitrogens with one attached hydrogen (secondary N) is 1. The largest absolute Gasteiger partial charge is 0.481 e. The van der Waals surface area contributed by atoms with Crippen molar-refractivity contribution in [1.29, 1.82) is 0 Å². The Kier molecular flexibility index (Phi) is 6.21. The van der Waals surface area contributed by atoms with Gasteiger partial charge in [0.15, 0.2) is 0 Å². The molecule has 0 bridgehead atoms. The molecule has 0 fully saturated rings. The van der Waals surface area contributed by atoms with Crippen molar-refractivity contribution in [2.45, 2.75) is 25.8 Å². The smallest absolute Gasteiger partial charge is 0.304 e. The van der Waals surface area contributed by atoms with Gasteiger partial charge in [0.2, 0.25) is 0 Å². The molecule has 0 aliphatic carbocycles. The Morgan fingerprint density at radius 1 is 1.28 bits per heavy atom. The van der Waals surface area contributed by atoms with Gasteiger partial charge >= 0.3 is 5.97 Å². The summed E-state index contributed by atoms with van der Waals surface area (Å²) in [4.78, 5) is 12.3. The summed E-state index contributed by atoms with van der Waals surface area (Å²) in [7, 11) is 1.45. The topological polar surface area (TPSA) is 90.0 Å². The van der Waals surface area contributed by atoms with E-state index >= 15 is 0 Å². The van der Waals surface area contributed by atoms with E-state index in [2.05, 4.69) is 4.72 Å². The third-order valence-corrected chi connectivity index (χ3v) is 4.46. The highest BCUT2D eigenvalue weighted by atomic mass is 32.2. The first-order valence-corrected chi connectivity index (χ1v) is 7.03. The van der Waals surface area contributed by atoms with Crippen LogP contribution in [0.1, 0.15) is 20.3 Å². The molecular formula is C10H23N3O4S. The fourth-order valence-electron chi connectivity index (χ4n) is 0.909. The lowest BCUT2D eigenvalue weighted by Gasteiger charge is -2.33. The van der Waals surface area contributed by atoms with E-state index < -0.39 is 16.2 Å². The molecule has 0 rings (SSSR count). The monoisotopic (exact) mass is 281 g/mol. The van der Waals surface area contributed by atoms with Crippen LogP contribution in [0.3, 0.4) is 0 Å². The van der Waals surface area contributed by atoms with E-state index in [-0.39, 0.29) is 25.0 Å². The maximum atomic E-state index is 11.8. The zero-order valence-corrected chi connectivity index (χ0v) is 12.4. The van der Waals surface area contributed by atoms with Gasteiger partial charge in [-0.2, -0.15) is 12.7 Å². The predicted octanol–water partition coefficient (Wildman–Crippen LogP) is -0.432. The molecule has 0 unspecified atom stereocenters. The maximum absolute atomic E-state index is 11.8. The predicted molar refractivity (Wildman–Crippen MR) is 69.6 cm³/mol. The van der Waals surface area contributed by atoms with Crippen molar-refractivity contribution in [1.82, 2.24) is 13.9 Å². The Bertz CT molecular complexity index is 379. The zero-order chi connectivity index (χ0) is 14.6. The summed E-state index contributed by atoms with van der Waals surface area (Å²) in [5.74, 6) is -1.02. The summed E-state index contributed by atoms with van der Waals surface area (Å²) in [6, 6.07) is 0. The number of carboxylic acid groups (broad SMARTS) is 1. The van der Waals surface area contributed by atoms with Crippen LogP contribution in [0.4, 0.5) is 0 Å². The summed E-state index contributed by atoms with van der Waals surface area (Å²) in [5, 5.41) is 8.51. The van der Waals surface area contributed by atoms with E-state index in [1.165, 1.54) is 7.05 Å². The minimum atomic E-state index is -3.63. The number of carbonyl (C=O) groups is 1. The second kappa shape index (κ2) is 6.46. The fraction of sp³-hybridized carbons (Fsp3) is 0.900. The van der Waals surface area contributed by atoms with Gasteiger partial charge in [-0.3, -0.25) is 4.79 Å². The summed E-state index contributed by atoms with van der Waals surface area (Å²) >= 11 is 0. The molecule has 0 amide bonds. The SMILES string of the molecule is CN(C)C(C)(C)CNS(=O)(=O)N(C)CCC(=O)O. The molecule has 0 radical (unpaired) electrons. The zero-order valence-electron chi connectivity index (χ0n) is 11.6. The third-order valence-electron chi connectivity index (χ3n) is 2.95. The number of likely N-dealkylation sites (N-methyl/N-ethyl adjacent to an activating group) is 1. The van der Waals surface area contributed by atoms with Gasteiger partial charge in [-0.05, 0) is 27.9 Å². The fourth-order valence-corrected chi connectivity index (χ4v) is 2.00.